The second-order valence-electron chi connectivity index (χ2n) is 4.08. The minimum Gasteiger partial charge on any atom is -0.339 e. The Hall–Kier alpha value is 0.0700. The van der Waals surface area contributed by atoms with E-state index in [0.717, 1.165) is 38.1 Å². The van der Waals surface area contributed by atoms with Gasteiger partial charge in [0.2, 0.25) is 5.91 Å². The summed E-state index contributed by atoms with van der Waals surface area (Å²) < 4.78 is 0. The summed E-state index contributed by atoms with van der Waals surface area (Å²) >= 11 is 1.97. The highest BCUT2D eigenvalue weighted by molar-refractivity contribution is 8.00. The fourth-order valence-corrected chi connectivity index (χ4v) is 3.02. The molecule has 0 aliphatic carbocycles. The predicted octanol–water partition coefficient (Wildman–Crippen LogP) is 1.89. The van der Waals surface area contributed by atoms with Gasteiger partial charge in [-0.3, -0.25) is 4.79 Å². The van der Waals surface area contributed by atoms with Crippen LogP contribution in [-0.2, 0) is 4.79 Å². The van der Waals surface area contributed by atoms with Crippen LogP contribution in [0.25, 0.3) is 0 Å². The molecule has 1 fully saturated rings. The third kappa shape index (κ3) is 4.52. The van der Waals surface area contributed by atoms with E-state index in [2.05, 4.69) is 13.8 Å². The number of carbonyl (C=O) groups excluding carboxylic acids is 1. The van der Waals surface area contributed by atoms with Crippen molar-refractivity contribution in [1.29, 1.82) is 0 Å². The Balaban J connectivity index is 0.00000225. The van der Waals surface area contributed by atoms with Crippen molar-refractivity contribution >= 4 is 30.1 Å². The lowest BCUT2D eigenvalue weighted by Gasteiger charge is -2.33. The number of carbonyl (C=O) groups is 1. The molecule has 5 heteroatoms. The van der Waals surface area contributed by atoms with Gasteiger partial charge in [0.1, 0.15) is 0 Å². The van der Waals surface area contributed by atoms with Crippen molar-refractivity contribution in [2.75, 3.05) is 18.8 Å². The van der Waals surface area contributed by atoms with Crippen molar-refractivity contribution in [3.8, 4) is 0 Å². The summed E-state index contributed by atoms with van der Waals surface area (Å²) in [4.78, 5) is 13.9. The highest BCUT2D eigenvalue weighted by Crippen LogP contribution is 2.21. The first-order chi connectivity index (χ1) is 7.19. The van der Waals surface area contributed by atoms with Crippen LogP contribution in [0.15, 0.2) is 0 Å². The van der Waals surface area contributed by atoms with Gasteiger partial charge in [0.05, 0.1) is 6.04 Å². The summed E-state index contributed by atoms with van der Waals surface area (Å²) in [5.41, 5.74) is 5.85. The third-order valence-corrected chi connectivity index (χ3v) is 4.19. The van der Waals surface area contributed by atoms with Crippen LogP contribution in [0.2, 0.25) is 0 Å². The number of halogens is 1. The smallest absolute Gasteiger partial charge is 0.239 e. The fourth-order valence-electron chi connectivity index (χ4n) is 1.84. The molecule has 1 amide bonds. The number of nitrogens with two attached hydrogens (primary N) is 1. The third-order valence-electron chi connectivity index (χ3n) is 2.82. The summed E-state index contributed by atoms with van der Waals surface area (Å²) in [7, 11) is 0. The van der Waals surface area contributed by atoms with E-state index in [1.54, 1.807) is 0 Å². The first kappa shape index (κ1) is 16.1. The Bertz CT molecular complexity index is 216. The number of hydrogen-bond acceptors (Lipinski definition) is 3. The maximum Gasteiger partial charge on any atom is 0.239 e. The van der Waals surface area contributed by atoms with E-state index in [9.17, 15) is 4.79 Å². The predicted molar refractivity (Wildman–Crippen MR) is 73.2 cm³/mol. The molecule has 0 radical (unpaired) electrons. The maximum atomic E-state index is 11.9. The zero-order valence-corrected chi connectivity index (χ0v) is 11.8. The molecule has 0 aromatic carbocycles. The van der Waals surface area contributed by atoms with E-state index in [0.29, 0.717) is 5.25 Å². The van der Waals surface area contributed by atoms with Crippen LogP contribution in [0.1, 0.15) is 33.1 Å². The van der Waals surface area contributed by atoms with Crippen molar-refractivity contribution in [1.82, 2.24) is 4.90 Å². The van der Waals surface area contributed by atoms with E-state index < -0.39 is 0 Å². The summed E-state index contributed by atoms with van der Waals surface area (Å²) in [5.74, 6) is 1.21. The molecule has 1 heterocycles. The zero-order chi connectivity index (χ0) is 11.3. The van der Waals surface area contributed by atoms with Gasteiger partial charge in [-0.05, 0) is 12.8 Å². The number of thioether (sulfide) groups is 1. The van der Waals surface area contributed by atoms with Crippen LogP contribution in [-0.4, -0.2) is 40.9 Å². The van der Waals surface area contributed by atoms with Crippen LogP contribution < -0.4 is 5.73 Å². The second kappa shape index (κ2) is 8.20. The molecule has 0 spiro atoms. The standard InChI is InChI=1S/C11H22N2OS.ClH/c1-3-5-10(12)11(14)13-6-7-15-9(4-2)8-13;/h9-10H,3-8,12H2,1-2H3;1H. The van der Waals surface area contributed by atoms with Crippen molar-refractivity contribution in [2.24, 2.45) is 5.73 Å². The molecule has 16 heavy (non-hydrogen) atoms. The molecule has 1 saturated heterocycles. The Labute approximate surface area is 109 Å². The van der Waals surface area contributed by atoms with Gasteiger partial charge in [0.25, 0.3) is 0 Å². The number of amides is 1. The van der Waals surface area contributed by atoms with Crippen LogP contribution in [0.5, 0.6) is 0 Å². The highest BCUT2D eigenvalue weighted by atomic mass is 35.5. The van der Waals surface area contributed by atoms with Gasteiger partial charge in [0.15, 0.2) is 0 Å². The SMILES string of the molecule is CCCC(N)C(=O)N1CCSC(CC)C1.Cl. The van der Waals surface area contributed by atoms with Crippen molar-refractivity contribution < 1.29 is 4.79 Å². The maximum absolute atomic E-state index is 11.9. The molecule has 0 bridgehead atoms. The van der Waals surface area contributed by atoms with E-state index in [4.69, 9.17) is 5.73 Å². The lowest BCUT2D eigenvalue weighted by molar-refractivity contribution is -0.132. The van der Waals surface area contributed by atoms with E-state index >= 15 is 0 Å². The summed E-state index contributed by atoms with van der Waals surface area (Å²) in [6.07, 6.45) is 2.92. The lowest BCUT2D eigenvalue weighted by Crippen LogP contribution is -2.49. The summed E-state index contributed by atoms with van der Waals surface area (Å²) in [6.45, 7) is 6.00. The van der Waals surface area contributed by atoms with Crippen LogP contribution in [0.4, 0.5) is 0 Å². The van der Waals surface area contributed by atoms with Gasteiger partial charge in [-0.15, -0.1) is 12.4 Å². The lowest BCUT2D eigenvalue weighted by atomic mass is 10.1. The molecular weight excluding hydrogens is 244 g/mol. The summed E-state index contributed by atoms with van der Waals surface area (Å²) in [5, 5.41) is 0.608. The molecule has 1 rings (SSSR count). The average Bonchev–Trinajstić information content (AvgIpc) is 2.28. The molecule has 2 unspecified atom stereocenters. The normalized spacial score (nSPS) is 22.4. The minimum absolute atomic E-state index is 0. The fraction of sp³-hybridized carbons (Fsp3) is 0.909. The molecule has 2 N–H and O–H groups in total. The Kier molecular flexibility index (Phi) is 8.24. The van der Waals surface area contributed by atoms with Gasteiger partial charge >= 0.3 is 0 Å². The minimum atomic E-state index is -0.282. The van der Waals surface area contributed by atoms with Gasteiger partial charge in [-0.1, -0.05) is 20.3 Å². The Morgan fingerprint density at radius 2 is 2.25 bits per heavy atom. The quantitative estimate of drug-likeness (QED) is 0.845. The van der Waals surface area contributed by atoms with E-state index in [-0.39, 0.29) is 24.4 Å². The second-order valence-corrected chi connectivity index (χ2v) is 5.49. The number of hydrogen-bond donors (Lipinski definition) is 1. The average molecular weight is 267 g/mol. The first-order valence-electron chi connectivity index (χ1n) is 5.85. The van der Waals surface area contributed by atoms with Gasteiger partial charge in [0, 0.05) is 24.1 Å². The molecule has 0 saturated carbocycles. The molecule has 0 aromatic rings. The largest absolute Gasteiger partial charge is 0.339 e. The van der Waals surface area contributed by atoms with Crippen molar-refractivity contribution in [3.63, 3.8) is 0 Å². The molecule has 1 aliphatic rings. The Morgan fingerprint density at radius 1 is 1.56 bits per heavy atom. The molecule has 3 nitrogen and oxygen atoms in total. The van der Waals surface area contributed by atoms with Gasteiger partial charge < -0.3 is 10.6 Å². The highest BCUT2D eigenvalue weighted by Gasteiger charge is 2.25. The van der Waals surface area contributed by atoms with Crippen LogP contribution >= 0.6 is 24.2 Å². The monoisotopic (exact) mass is 266 g/mol. The van der Waals surface area contributed by atoms with Crippen LogP contribution in [0, 0.1) is 0 Å². The topological polar surface area (TPSA) is 46.3 Å². The van der Waals surface area contributed by atoms with E-state index in [1.165, 1.54) is 0 Å². The van der Waals surface area contributed by atoms with E-state index in [1.807, 2.05) is 16.7 Å². The molecule has 1 aliphatic heterocycles. The number of nitrogens with zero attached hydrogens (tertiary/aromatic N) is 1. The van der Waals surface area contributed by atoms with Gasteiger partial charge in [-0.25, -0.2) is 0 Å². The van der Waals surface area contributed by atoms with Crippen molar-refractivity contribution in [2.45, 2.75) is 44.4 Å². The van der Waals surface area contributed by atoms with Crippen LogP contribution in [0.3, 0.4) is 0 Å². The molecule has 96 valence electrons. The summed E-state index contributed by atoms with van der Waals surface area (Å²) in [6, 6.07) is -0.282. The molecule has 0 aromatic heterocycles. The zero-order valence-electron chi connectivity index (χ0n) is 10.1. The molecular formula is C11H23ClN2OS. The number of rotatable bonds is 4. The first-order valence-corrected chi connectivity index (χ1v) is 6.89. The Morgan fingerprint density at radius 3 is 2.81 bits per heavy atom. The van der Waals surface area contributed by atoms with Crippen molar-refractivity contribution in [3.05, 3.63) is 0 Å². The van der Waals surface area contributed by atoms with Gasteiger partial charge in [-0.2, -0.15) is 11.8 Å². The molecule has 2 atom stereocenters.